The van der Waals surface area contributed by atoms with Crippen LogP contribution in [0, 0.1) is 23.1 Å². The fraction of sp³-hybridized carbons (Fsp3) is 0.292. The average Bonchev–Trinajstić information content (AvgIpc) is 3.35. The summed E-state index contributed by atoms with van der Waals surface area (Å²) >= 11 is 0. The normalized spacial score (nSPS) is 12.4. The molecule has 0 aliphatic carbocycles. The molecule has 9 heteroatoms. The first-order chi connectivity index (χ1) is 16.0. The van der Waals surface area contributed by atoms with Crippen LogP contribution in [0.15, 0.2) is 54.7 Å². The maximum absolute atomic E-state index is 13.5. The number of nitrogens with zero attached hydrogens (tertiary/aromatic N) is 3. The summed E-state index contributed by atoms with van der Waals surface area (Å²) in [7, 11) is 0. The Labute approximate surface area is 190 Å². The summed E-state index contributed by atoms with van der Waals surface area (Å²) in [4.78, 5) is 24.9. The summed E-state index contributed by atoms with van der Waals surface area (Å²) in [5.41, 5.74) is 2.71. The van der Waals surface area contributed by atoms with E-state index in [9.17, 15) is 14.0 Å². The summed E-state index contributed by atoms with van der Waals surface area (Å²) in [6.45, 7) is 1.91. The SMILES string of the molecule is CCOC(=O)[C@@H](CC#N)C[C@@H](Cc1ccc(-c2cccc(F)c2)cc1)NC(=O)c1cnn[nH]1. The molecule has 2 aromatic carbocycles. The van der Waals surface area contributed by atoms with Crippen molar-refractivity contribution in [2.75, 3.05) is 6.61 Å². The van der Waals surface area contributed by atoms with E-state index in [1.54, 1.807) is 13.0 Å². The lowest BCUT2D eigenvalue weighted by Crippen LogP contribution is -2.39. The summed E-state index contributed by atoms with van der Waals surface area (Å²) in [6, 6.07) is 15.4. The molecule has 0 aliphatic heterocycles. The lowest BCUT2D eigenvalue weighted by molar-refractivity contribution is -0.148. The first kappa shape index (κ1) is 23.6. The van der Waals surface area contributed by atoms with Crippen molar-refractivity contribution in [3.05, 3.63) is 71.8 Å². The van der Waals surface area contributed by atoms with E-state index in [1.165, 1.54) is 18.3 Å². The van der Waals surface area contributed by atoms with E-state index < -0.39 is 23.8 Å². The van der Waals surface area contributed by atoms with Crippen molar-refractivity contribution in [2.45, 2.75) is 32.2 Å². The third kappa shape index (κ3) is 6.71. The van der Waals surface area contributed by atoms with Crippen molar-refractivity contribution in [2.24, 2.45) is 5.92 Å². The van der Waals surface area contributed by atoms with Crippen LogP contribution in [0.5, 0.6) is 0 Å². The molecular weight excluding hydrogens is 425 g/mol. The van der Waals surface area contributed by atoms with Crippen LogP contribution in [0.25, 0.3) is 11.1 Å². The van der Waals surface area contributed by atoms with Crippen LogP contribution in [-0.2, 0) is 16.0 Å². The van der Waals surface area contributed by atoms with Gasteiger partial charge in [0.15, 0.2) is 0 Å². The highest BCUT2D eigenvalue weighted by molar-refractivity contribution is 5.92. The second-order valence-corrected chi connectivity index (χ2v) is 7.50. The number of amides is 1. The summed E-state index contributed by atoms with van der Waals surface area (Å²) in [6.07, 6.45) is 1.93. The lowest BCUT2D eigenvalue weighted by atomic mass is 9.92. The standard InChI is InChI=1S/C24H24FN5O3/c1-2-33-24(32)19(10-11-26)14-21(28-23(31)22-15-27-30-29-22)12-16-6-8-17(9-7-16)18-4-3-5-20(25)13-18/h3-9,13,15,19,21H,2,10,12,14H2,1H3,(H,28,31)(H,27,29,30)/t19-,21+/m0/s1. The molecule has 3 aromatic rings. The van der Waals surface area contributed by atoms with Crippen LogP contribution in [0.4, 0.5) is 4.39 Å². The van der Waals surface area contributed by atoms with Crippen LogP contribution >= 0.6 is 0 Å². The van der Waals surface area contributed by atoms with Gasteiger partial charge in [-0.1, -0.05) is 41.6 Å². The van der Waals surface area contributed by atoms with Crippen molar-refractivity contribution in [1.29, 1.82) is 5.26 Å². The van der Waals surface area contributed by atoms with Gasteiger partial charge in [0.05, 0.1) is 24.8 Å². The quantitative estimate of drug-likeness (QED) is 0.458. The number of aromatic nitrogens is 3. The molecule has 33 heavy (non-hydrogen) atoms. The Morgan fingerprint density at radius 2 is 2.00 bits per heavy atom. The molecule has 0 aliphatic rings. The fourth-order valence-corrected chi connectivity index (χ4v) is 3.53. The number of nitrogens with one attached hydrogen (secondary N) is 2. The zero-order valence-electron chi connectivity index (χ0n) is 18.1. The van der Waals surface area contributed by atoms with Gasteiger partial charge in [-0.25, -0.2) is 4.39 Å². The molecule has 0 fully saturated rings. The minimum Gasteiger partial charge on any atom is -0.466 e. The monoisotopic (exact) mass is 449 g/mol. The highest BCUT2D eigenvalue weighted by Crippen LogP contribution is 2.22. The van der Waals surface area contributed by atoms with Gasteiger partial charge in [0, 0.05) is 12.5 Å². The van der Waals surface area contributed by atoms with Crippen LogP contribution in [0.1, 0.15) is 35.8 Å². The van der Waals surface area contributed by atoms with Gasteiger partial charge in [-0.2, -0.15) is 5.26 Å². The van der Waals surface area contributed by atoms with E-state index in [4.69, 9.17) is 10.00 Å². The van der Waals surface area contributed by atoms with E-state index in [-0.39, 0.29) is 31.0 Å². The second kappa shape index (κ2) is 11.5. The van der Waals surface area contributed by atoms with Crippen LogP contribution < -0.4 is 5.32 Å². The Kier molecular flexibility index (Phi) is 8.24. The largest absolute Gasteiger partial charge is 0.466 e. The van der Waals surface area contributed by atoms with Crippen molar-refractivity contribution < 1.29 is 18.7 Å². The maximum atomic E-state index is 13.5. The third-order valence-electron chi connectivity index (χ3n) is 5.12. The number of nitriles is 1. The molecule has 1 aromatic heterocycles. The molecular formula is C24H24FN5O3. The number of H-pyrrole nitrogens is 1. The predicted octanol–water partition coefficient (Wildman–Crippen LogP) is 3.43. The summed E-state index contributed by atoms with van der Waals surface area (Å²) in [5, 5.41) is 21.7. The van der Waals surface area contributed by atoms with Crippen molar-refractivity contribution >= 4 is 11.9 Å². The van der Waals surface area contributed by atoms with Gasteiger partial charge in [-0.15, -0.1) is 5.10 Å². The number of hydrogen-bond acceptors (Lipinski definition) is 6. The zero-order valence-corrected chi connectivity index (χ0v) is 18.1. The molecule has 170 valence electrons. The first-order valence-electron chi connectivity index (χ1n) is 10.6. The fourth-order valence-electron chi connectivity index (χ4n) is 3.53. The number of halogens is 1. The van der Waals surface area contributed by atoms with Crippen molar-refractivity contribution in [3.63, 3.8) is 0 Å². The molecule has 2 N–H and O–H groups in total. The number of benzene rings is 2. The van der Waals surface area contributed by atoms with E-state index in [2.05, 4.69) is 20.7 Å². The van der Waals surface area contributed by atoms with Gasteiger partial charge in [0.25, 0.3) is 5.91 Å². The number of aromatic amines is 1. The zero-order chi connectivity index (χ0) is 23.6. The van der Waals surface area contributed by atoms with Crippen LogP contribution in [0.3, 0.4) is 0 Å². The molecule has 8 nitrogen and oxygen atoms in total. The number of hydrogen-bond donors (Lipinski definition) is 2. The molecule has 0 saturated heterocycles. The number of rotatable bonds is 10. The molecule has 1 heterocycles. The molecule has 0 saturated carbocycles. The Balaban J connectivity index is 1.78. The lowest BCUT2D eigenvalue weighted by Gasteiger charge is -2.22. The Morgan fingerprint density at radius 1 is 1.21 bits per heavy atom. The smallest absolute Gasteiger partial charge is 0.310 e. The predicted molar refractivity (Wildman–Crippen MR) is 118 cm³/mol. The van der Waals surface area contributed by atoms with E-state index >= 15 is 0 Å². The number of ether oxygens (including phenoxy) is 1. The number of esters is 1. The Morgan fingerprint density at radius 3 is 2.64 bits per heavy atom. The molecule has 0 radical (unpaired) electrons. The Bertz CT molecular complexity index is 1110. The highest BCUT2D eigenvalue weighted by Gasteiger charge is 2.26. The summed E-state index contributed by atoms with van der Waals surface area (Å²) < 4.78 is 18.6. The molecule has 0 bridgehead atoms. The van der Waals surface area contributed by atoms with Crippen LogP contribution in [-0.4, -0.2) is 39.9 Å². The van der Waals surface area contributed by atoms with Gasteiger partial charge in [-0.3, -0.25) is 14.7 Å². The van der Waals surface area contributed by atoms with Gasteiger partial charge in [0.2, 0.25) is 0 Å². The van der Waals surface area contributed by atoms with E-state index in [0.29, 0.717) is 6.42 Å². The Hall–Kier alpha value is -4.06. The third-order valence-corrected chi connectivity index (χ3v) is 5.12. The van der Waals surface area contributed by atoms with Crippen LogP contribution in [0.2, 0.25) is 0 Å². The maximum Gasteiger partial charge on any atom is 0.310 e. The average molecular weight is 449 g/mol. The van der Waals surface area contributed by atoms with Gasteiger partial charge >= 0.3 is 5.97 Å². The molecule has 1 amide bonds. The van der Waals surface area contributed by atoms with E-state index in [0.717, 1.165) is 16.7 Å². The van der Waals surface area contributed by atoms with Gasteiger partial charge in [0.1, 0.15) is 11.5 Å². The minimum atomic E-state index is -0.674. The molecule has 0 spiro atoms. The van der Waals surface area contributed by atoms with E-state index in [1.807, 2.05) is 36.4 Å². The second-order valence-electron chi connectivity index (χ2n) is 7.50. The molecule has 2 atom stereocenters. The van der Waals surface area contributed by atoms with Gasteiger partial charge < -0.3 is 10.1 Å². The number of carbonyl (C=O) groups is 2. The summed E-state index contributed by atoms with van der Waals surface area (Å²) in [5.74, 6) is -1.87. The molecule has 0 unspecified atom stereocenters. The minimum absolute atomic E-state index is 0.0185. The number of carbonyl (C=O) groups excluding carboxylic acids is 2. The van der Waals surface area contributed by atoms with Crippen molar-refractivity contribution in [1.82, 2.24) is 20.7 Å². The van der Waals surface area contributed by atoms with Crippen molar-refractivity contribution in [3.8, 4) is 17.2 Å². The topological polar surface area (TPSA) is 121 Å². The first-order valence-corrected chi connectivity index (χ1v) is 10.6. The molecule has 3 rings (SSSR count). The highest BCUT2D eigenvalue weighted by atomic mass is 19.1. The van der Waals surface area contributed by atoms with Gasteiger partial charge in [-0.05, 0) is 48.6 Å².